The van der Waals surface area contributed by atoms with E-state index in [4.69, 9.17) is 9.15 Å². The van der Waals surface area contributed by atoms with Gasteiger partial charge in [-0.05, 0) is 24.3 Å². The van der Waals surface area contributed by atoms with Gasteiger partial charge in [0.2, 0.25) is 0 Å². The molecule has 1 aliphatic heterocycles. The zero-order chi connectivity index (χ0) is 19.5. The Balaban J connectivity index is 1.49. The molecular weight excluding hydrogens is 384 g/mol. The van der Waals surface area contributed by atoms with E-state index >= 15 is 0 Å². The quantitative estimate of drug-likeness (QED) is 0.657. The van der Waals surface area contributed by atoms with Crippen molar-refractivity contribution >= 4 is 29.1 Å². The van der Waals surface area contributed by atoms with Crippen LogP contribution < -0.4 is 15.0 Å². The Kier molecular flexibility index (Phi) is 5.17. The standard InChI is InChI=1S/C17H18N6O4S/c1-26-11-9-13(23-6-4-10(24)5-7-23)19-20-14(11)15(25)18-17-22-21-16(27-17)12-3-2-8-28-12/h2-3,8-10,24H,4-7H2,1H3,(H,18,22,25). The lowest BCUT2D eigenvalue weighted by molar-refractivity contribution is 0.101. The Morgan fingerprint density at radius 3 is 2.86 bits per heavy atom. The first-order valence-corrected chi connectivity index (χ1v) is 9.55. The number of thiophene rings is 1. The molecule has 1 aliphatic rings. The molecule has 0 aromatic carbocycles. The van der Waals surface area contributed by atoms with Gasteiger partial charge in [-0.1, -0.05) is 11.2 Å². The minimum absolute atomic E-state index is 0.0131. The van der Waals surface area contributed by atoms with Crippen LogP contribution in [0.25, 0.3) is 10.8 Å². The summed E-state index contributed by atoms with van der Waals surface area (Å²) < 4.78 is 10.8. The van der Waals surface area contributed by atoms with Gasteiger partial charge in [0, 0.05) is 19.2 Å². The van der Waals surface area contributed by atoms with Crippen LogP contribution in [0.15, 0.2) is 28.0 Å². The maximum atomic E-state index is 12.6. The lowest BCUT2D eigenvalue weighted by Crippen LogP contribution is -2.36. The van der Waals surface area contributed by atoms with Crippen LogP contribution in [0, 0.1) is 0 Å². The summed E-state index contributed by atoms with van der Waals surface area (Å²) in [6.45, 7) is 1.33. The fourth-order valence-corrected chi connectivity index (χ4v) is 3.50. The number of rotatable bonds is 5. The maximum absolute atomic E-state index is 12.6. The van der Waals surface area contributed by atoms with Gasteiger partial charge in [0.1, 0.15) is 0 Å². The molecule has 1 fully saturated rings. The number of carbonyl (C=O) groups is 1. The molecule has 3 aromatic heterocycles. The summed E-state index contributed by atoms with van der Waals surface area (Å²) in [5.41, 5.74) is 0.0131. The zero-order valence-electron chi connectivity index (χ0n) is 15.0. The number of aromatic nitrogens is 4. The summed E-state index contributed by atoms with van der Waals surface area (Å²) >= 11 is 1.45. The fraction of sp³-hybridized carbons (Fsp3) is 0.353. The van der Waals surface area contributed by atoms with Crippen molar-refractivity contribution < 1.29 is 19.1 Å². The molecule has 0 aliphatic carbocycles. The number of nitrogens with one attached hydrogen (secondary N) is 1. The van der Waals surface area contributed by atoms with Gasteiger partial charge in [0.05, 0.1) is 18.1 Å². The van der Waals surface area contributed by atoms with E-state index in [1.54, 1.807) is 6.07 Å². The molecule has 4 rings (SSSR count). The number of hydrogen-bond donors (Lipinski definition) is 2. The molecule has 0 atom stereocenters. The largest absolute Gasteiger partial charge is 0.494 e. The number of nitrogens with zero attached hydrogens (tertiary/aromatic N) is 5. The highest BCUT2D eigenvalue weighted by Crippen LogP contribution is 2.26. The molecular formula is C17H18N6O4S. The summed E-state index contributed by atoms with van der Waals surface area (Å²) in [6.07, 6.45) is 1.04. The Hall–Kier alpha value is -3.05. The van der Waals surface area contributed by atoms with E-state index in [1.165, 1.54) is 18.4 Å². The molecule has 10 nitrogen and oxygen atoms in total. The lowest BCUT2D eigenvalue weighted by atomic mass is 10.1. The van der Waals surface area contributed by atoms with Crippen LogP contribution in [0.2, 0.25) is 0 Å². The molecule has 4 heterocycles. The van der Waals surface area contributed by atoms with Crippen molar-refractivity contribution in [2.45, 2.75) is 18.9 Å². The zero-order valence-corrected chi connectivity index (χ0v) is 15.8. The third kappa shape index (κ3) is 3.80. The average molecular weight is 402 g/mol. The van der Waals surface area contributed by atoms with Crippen molar-refractivity contribution in [2.75, 3.05) is 30.4 Å². The van der Waals surface area contributed by atoms with E-state index in [9.17, 15) is 9.90 Å². The summed E-state index contributed by atoms with van der Waals surface area (Å²) in [7, 11) is 1.46. The van der Waals surface area contributed by atoms with Gasteiger partial charge >= 0.3 is 6.01 Å². The average Bonchev–Trinajstić information content (AvgIpc) is 3.40. The van der Waals surface area contributed by atoms with Crippen molar-refractivity contribution in [3.8, 4) is 16.5 Å². The molecule has 0 radical (unpaired) electrons. The highest BCUT2D eigenvalue weighted by atomic mass is 32.1. The summed E-state index contributed by atoms with van der Waals surface area (Å²) in [5.74, 6) is 0.641. The molecule has 28 heavy (non-hydrogen) atoms. The third-order valence-electron chi connectivity index (χ3n) is 4.35. The summed E-state index contributed by atoms with van der Waals surface area (Å²) in [6, 6.07) is 5.33. The number of methoxy groups -OCH3 is 1. The van der Waals surface area contributed by atoms with Crippen LogP contribution in [0.5, 0.6) is 5.75 Å². The van der Waals surface area contributed by atoms with Crippen LogP contribution in [0.4, 0.5) is 11.8 Å². The Morgan fingerprint density at radius 1 is 1.32 bits per heavy atom. The summed E-state index contributed by atoms with van der Waals surface area (Å²) in [4.78, 5) is 15.4. The third-order valence-corrected chi connectivity index (χ3v) is 5.20. The van der Waals surface area contributed by atoms with Crippen molar-refractivity contribution in [1.29, 1.82) is 0 Å². The number of carbonyl (C=O) groups excluding carboxylic acids is 1. The van der Waals surface area contributed by atoms with Crippen molar-refractivity contribution in [3.63, 3.8) is 0 Å². The number of anilines is 2. The smallest absolute Gasteiger partial charge is 0.322 e. The van der Waals surface area contributed by atoms with Gasteiger partial charge in [0.25, 0.3) is 11.8 Å². The Bertz CT molecular complexity index is 952. The molecule has 0 unspecified atom stereocenters. The predicted octanol–water partition coefficient (Wildman–Crippen LogP) is 1.81. The molecule has 1 amide bonds. The molecule has 2 N–H and O–H groups in total. The van der Waals surface area contributed by atoms with Crippen LogP contribution >= 0.6 is 11.3 Å². The predicted molar refractivity (Wildman–Crippen MR) is 102 cm³/mol. The van der Waals surface area contributed by atoms with Gasteiger partial charge in [-0.15, -0.1) is 26.6 Å². The van der Waals surface area contributed by atoms with E-state index in [0.29, 0.717) is 37.6 Å². The molecule has 0 spiro atoms. The minimum Gasteiger partial charge on any atom is -0.494 e. The fourth-order valence-electron chi connectivity index (χ4n) is 2.86. The number of aliphatic hydroxyl groups excluding tert-OH is 1. The van der Waals surface area contributed by atoms with Crippen LogP contribution in [-0.2, 0) is 0 Å². The van der Waals surface area contributed by atoms with Gasteiger partial charge in [-0.2, -0.15) is 0 Å². The first-order valence-electron chi connectivity index (χ1n) is 8.67. The Labute approximate surface area is 164 Å². The van der Waals surface area contributed by atoms with Crippen molar-refractivity contribution in [1.82, 2.24) is 20.4 Å². The van der Waals surface area contributed by atoms with Crippen molar-refractivity contribution in [2.24, 2.45) is 0 Å². The molecule has 0 bridgehead atoms. The van der Waals surface area contributed by atoms with Crippen LogP contribution in [0.3, 0.4) is 0 Å². The normalized spacial score (nSPS) is 14.9. The number of hydrogen-bond acceptors (Lipinski definition) is 10. The number of amides is 1. The second-order valence-electron chi connectivity index (χ2n) is 6.18. The highest BCUT2D eigenvalue weighted by Gasteiger charge is 2.23. The number of piperidine rings is 1. The van der Waals surface area contributed by atoms with Crippen LogP contribution in [-0.4, -0.2) is 57.7 Å². The SMILES string of the molecule is COc1cc(N2CCC(O)CC2)nnc1C(=O)Nc1nnc(-c2cccs2)o1. The minimum atomic E-state index is -0.564. The number of ether oxygens (including phenoxy) is 1. The molecule has 3 aromatic rings. The monoisotopic (exact) mass is 402 g/mol. The van der Waals surface area contributed by atoms with Gasteiger partial charge in [-0.25, -0.2) is 0 Å². The first kappa shape index (κ1) is 18.3. The van der Waals surface area contributed by atoms with E-state index in [1.807, 2.05) is 22.4 Å². The van der Waals surface area contributed by atoms with Crippen LogP contribution in [0.1, 0.15) is 23.3 Å². The second-order valence-corrected chi connectivity index (χ2v) is 7.13. The van der Waals surface area contributed by atoms with E-state index in [-0.39, 0.29) is 23.6 Å². The van der Waals surface area contributed by atoms with Gasteiger partial charge < -0.3 is 19.2 Å². The van der Waals surface area contributed by atoms with Crippen molar-refractivity contribution in [3.05, 3.63) is 29.3 Å². The van der Waals surface area contributed by atoms with E-state index in [2.05, 4.69) is 25.7 Å². The molecule has 0 saturated carbocycles. The molecule has 1 saturated heterocycles. The maximum Gasteiger partial charge on any atom is 0.322 e. The van der Waals surface area contributed by atoms with Gasteiger partial charge in [0.15, 0.2) is 17.3 Å². The lowest BCUT2D eigenvalue weighted by Gasteiger charge is -2.30. The first-order chi connectivity index (χ1) is 13.6. The number of aliphatic hydroxyl groups is 1. The summed E-state index contributed by atoms with van der Waals surface area (Å²) in [5, 5.41) is 29.9. The van der Waals surface area contributed by atoms with E-state index < -0.39 is 5.91 Å². The highest BCUT2D eigenvalue weighted by molar-refractivity contribution is 7.13. The molecule has 146 valence electrons. The van der Waals surface area contributed by atoms with E-state index in [0.717, 1.165) is 4.88 Å². The topological polar surface area (TPSA) is 127 Å². The molecule has 11 heteroatoms. The second kappa shape index (κ2) is 7.90. The Morgan fingerprint density at radius 2 is 2.14 bits per heavy atom. The van der Waals surface area contributed by atoms with Gasteiger partial charge in [-0.3, -0.25) is 10.1 Å².